The van der Waals surface area contributed by atoms with Crippen molar-refractivity contribution in [3.63, 3.8) is 0 Å². The molecule has 0 aliphatic carbocycles. The van der Waals surface area contributed by atoms with Gasteiger partial charge in [-0.3, -0.25) is 9.59 Å². The van der Waals surface area contributed by atoms with Crippen molar-refractivity contribution in [3.8, 4) is 11.5 Å². The Labute approximate surface area is 229 Å². The number of nitrogens with two attached hydrogens (primary N) is 1. The fourth-order valence-electron chi connectivity index (χ4n) is 3.31. The van der Waals surface area contributed by atoms with E-state index in [4.69, 9.17) is 38.4 Å². The van der Waals surface area contributed by atoms with Crippen LogP contribution >= 0.6 is 23.2 Å². The Kier molecular flexibility index (Phi) is 9.22. The van der Waals surface area contributed by atoms with Crippen molar-refractivity contribution < 1.29 is 33.7 Å². The minimum atomic E-state index is -1.42. The highest BCUT2D eigenvalue weighted by Gasteiger charge is 2.26. The Morgan fingerprint density at radius 2 is 1.74 bits per heavy atom. The van der Waals surface area contributed by atoms with Gasteiger partial charge in [0.1, 0.15) is 18.5 Å². The van der Waals surface area contributed by atoms with Gasteiger partial charge in [0.25, 0.3) is 5.91 Å². The van der Waals surface area contributed by atoms with Crippen molar-refractivity contribution in [2.24, 2.45) is 0 Å². The normalized spacial score (nSPS) is 12.1. The minimum Gasteiger partial charge on any atom is -0.488 e. The molecule has 0 spiro atoms. The summed E-state index contributed by atoms with van der Waals surface area (Å²) in [5.41, 5.74) is 5.26. The number of nitrogens with one attached hydrogen (secondary N) is 1. The monoisotopic (exact) mass is 564 g/mol. The van der Waals surface area contributed by atoms with Crippen LogP contribution in [-0.2, 0) is 4.79 Å². The number of benzene rings is 3. The Hall–Kier alpha value is -3.37. The summed E-state index contributed by atoms with van der Waals surface area (Å²) < 4.78 is 25.7. The highest BCUT2D eigenvalue weighted by Crippen LogP contribution is 2.29. The predicted octanol–water partition coefficient (Wildman–Crippen LogP) is 4.78. The summed E-state index contributed by atoms with van der Waals surface area (Å²) in [6.07, 6.45) is -1.24. The summed E-state index contributed by atoms with van der Waals surface area (Å²) in [4.78, 5) is 25.7. The maximum atomic E-state index is 14.8. The van der Waals surface area contributed by atoms with Crippen LogP contribution < -0.4 is 20.5 Å². The van der Waals surface area contributed by atoms with Gasteiger partial charge in [-0.05, 0) is 69.3 Å². The standard InChI is InChI=1S/C27H27Cl2FN2O6/c1-14-20(5-7-22(25(14)30)37-12-23(33)27(2,3)36)32-24(34)13-38-21-6-4-16(28)11-19(21)26(35)15-8-17(29)10-18(31)9-15/h4-11,23,33,36H,12-13,31H2,1-3H3,(H,32,34). The van der Waals surface area contributed by atoms with Crippen molar-refractivity contribution in [2.45, 2.75) is 32.5 Å². The van der Waals surface area contributed by atoms with Crippen LogP contribution in [0.15, 0.2) is 48.5 Å². The number of ether oxygens (including phenoxy) is 2. The van der Waals surface area contributed by atoms with Gasteiger partial charge in [0.05, 0.1) is 11.2 Å². The average Bonchev–Trinajstić information content (AvgIpc) is 2.83. The first-order valence-corrected chi connectivity index (χ1v) is 12.2. The van der Waals surface area contributed by atoms with Crippen LogP contribution in [0.1, 0.15) is 35.3 Å². The molecule has 0 fully saturated rings. The number of nitrogen functional groups attached to an aromatic ring is 1. The lowest BCUT2D eigenvalue weighted by Gasteiger charge is -2.24. The first-order chi connectivity index (χ1) is 17.8. The zero-order valence-corrected chi connectivity index (χ0v) is 22.4. The quantitative estimate of drug-likeness (QED) is 0.206. The second kappa shape index (κ2) is 12.0. The maximum absolute atomic E-state index is 14.8. The molecular weight excluding hydrogens is 538 g/mol. The van der Waals surface area contributed by atoms with Crippen LogP contribution in [0.2, 0.25) is 10.0 Å². The fourth-order valence-corrected chi connectivity index (χ4v) is 3.73. The highest BCUT2D eigenvalue weighted by molar-refractivity contribution is 6.32. The van der Waals surface area contributed by atoms with Crippen molar-refractivity contribution in [3.05, 3.63) is 81.1 Å². The van der Waals surface area contributed by atoms with E-state index in [1.807, 2.05) is 0 Å². The van der Waals surface area contributed by atoms with E-state index in [0.717, 1.165) is 0 Å². The number of anilines is 2. The molecule has 3 rings (SSSR count). The molecule has 0 heterocycles. The first-order valence-electron chi connectivity index (χ1n) is 11.4. The summed E-state index contributed by atoms with van der Waals surface area (Å²) in [6, 6.07) is 11.5. The van der Waals surface area contributed by atoms with Gasteiger partial charge in [-0.15, -0.1) is 0 Å². The van der Waals surface area contributed by atoms with Gasteiger partial charge in [-0.25, -0.2) is 4.39 Å². The molecule has 0 aromatic heterocycles. The molecule has 0 radical (unpaired) electrons. The van der Waals surface area contributed by atoms with Crippen LogP contribution in [0.3, 0.4) is 0 Å². The summed E-state index contributed by atoms with van der Waals surface area (Å²) in [5, 5.41) is 22.8. The molecule has 202 valence electrons. The van der Waals surface area contributed by atoms with Crippen molar-refractivity contribution in [1.29, 1.82) is 0 Å². The zero-order chi connectivity index (χ0) is 28.2. The lowest BCUT2D eigenvalue weighted by atomic mass is 10.0. The van der Waals surface area contributed by atoms with Gasteiger partial charge in [0.2, 0.25) is 0 Å². The number of carbonyl (C=O) groups is 2. The van der Waals surface area contributed by atoms with Crippen molar-refractivity contribution in [1.82, 2.24) is 0 Å². The number of aliphatic hydroxyl groups is 2. The molecule has 1 amide bonds. The summed E-state index contributed by atoms with van der Waals surface area (Å²) >= 11 is 12.1. The van der Waals surface area contributed by atoms with Gasteiger partial charge in [-0.2, -0.15) is 0 Å². The fraction of sp³-hybridized carbons (Fsp3) is 0.259. The average molecular weight is 565 g/mol. The molecule has 0 saturated carbocycles. The summed E-state index contributed by atoms with van der Waals surface area (Å²) in [6.45, 7) is 3.43. The summed E-state index contributed by atoms with van der Waals surface area (Å²) in [5.74, 6) is -1.85. The Balaban J connectivity index is 1.70. The smallest absolute Gasteiger partial charge is 0.262 e. The van der Waals surface area contributed by atoms with E-state index in [2.05, 4.69) is 5.32 Å². The molecule has 0 saturated heterocycles. The Bertz CT molecular complexity index is 1340. The van der Waals surface area contributed by atoms with E-state index in [0.29, 0.717) is 5.69 Å². The second-order valence-corrected chi connectivity index (χ2v) is 9.98. The van der Waals surface area contributed by atoms with Gasteiger partial charge in [0.15, 0.2) is 24.0 Å². The van der Waals surface area contributed by atoms with E-state index in [1.165, 1.54) is 69.3 Å². The molecule has 0 bridgehead atoms. The minimum absolute atomic E-state index is 0.0921. The molecular formula is C27H27Cl2FN2O6. The molecule has 0 aliphatic heterocycles. The topological polar surface area (TPSA) is 131 Å². The molecule has 1 unspecified atom stereocenters. The van der Waals surface area contributed by atoms with E-state index in [1.54, 1.807) is 0 Å². The molecule has 3 aromatic rings. The van der Waals surface area contributed by atoms with E-state index < -0.39 is 35.8 Å². The van der Waals surface area contributed by atoms with Gasteiger partial charge >= 0.3 is 0 Å². The first kappa shape index (κ1) is 29.2. The van der Waals surface area contributed by atoms with Crippen LogP contribution in [0.25, 0.3) is 0 Å². The molecule has 3 aromatic carbocycles. The van der Waals surface area contributed by atoms with Crippen LogP contribution in [-0.4, -0.2) is 46.8 Å². The molecule has 0 aliphatic rings. The SMILES string of the molecule is Cc1c(NC(=O)COc2ccc(Cl)cc2C(=O)c2cc(N)cc(Cl)c2)ccc(OCC(O)C(C)(C)O)c1F. The number of rotatable bonds is 10. The number of halogens is 3. The lowest BCUT2D eigenvalue weighted by molar-refractivity contribution is -0.118. The van der Waals surface area contributed by atoms with E-state index in [9.17, 15) is 24.2 Å². The highest BCUT2D eigenvalue weighted by atomic mass is 35.5. The summed E-state index contributed by atoms with van der Waals surface area (Å²) in [7, 11) is 0. The number of hydrogen-bond donors (Lipinski definition) is 4. The third kappa shape index (κ3) is 7.35. The number of hydrogen-bond acceptors (Lipinski definition) is 7. The van der Waals surface area contributed by atoms with Crippen LogP contribution in [0.4, 0.5) is 15.8 Å². The lowest BCUT2D eigenvalue weighted by Crippen LogP contribution is -2.40. The molecule has 1 atom stereocenters. The van der Waals surface area contributed by atoms with Crippen molar-refractivity contribution >= 4 is 46.3 Å². The predicted molar refractivity (Wildman–Crippen MR) is 144 cm³/mol. The van der Waals surface area contributed by atoms with E-state index >= 15 is 0 Å². The third-order valence-electron chi connectivity index (χ3n) is 5.56. The Morgan fingerprint density at radius 3 is 2.39 bits per heavy atom. The number of ketones is 1. The maximum Gasteiger partial charge on any atom is 0.262 e. The molecule has 8 nitrogen and oxygen atoms in total. The van der Waals surface area contributed by atoms with E-state index in [-0.39, 0.29) is 50.5 Å². The van der Waals surface area contributed by atoms with Crippen LogP contribution in [0, 0.1) is 12.7 Å². The van der Waals surface area contributed by atoms with Gasteiger partial charge in [-0.1, -0.05) is 23.2 Å². The number of carbonyl (C=O) groups excluding carboxylic acids is 2. The third-order valence-corrected chi connectivity index (χ3v) is 6.02. The van der Waals surface area contributed by atoms with Gasteiger partial charge in [0, 0.05) is 32.5 Å². The second-order valence-electron chi connectivity index (χ2n) is 9.11. The zero-order valence-electron chi connectivity index (χ0n) is 20.8. The molecule has 5 N–H and O–H groups in total. The molecule has 11 heteroatoms. The largest absolute Gasteiger partial charge is 0.488 e. The van der Waals surface area contributed by atoms with Crippen LogP contribution in [0.5, 0.6) is 11.5 Å². The Morgan fingerprint density at radius 1 is 1.05 bits per heavy atom. The van der Waals surface area contributed by atoms with Crippen molar-refractivity contribution in [2.75, 3.05) is 24.3 Å². The molecule has 38 heavy (non-hydrogen) atoms. The number of aliphatic hydroxyl groups excluding tert-OH is 1. The number of amides is 1. The van der Waals surface area contributed by atoms with Gasteiger partial charge < -0.3 is 30.7 Å².